The molecule has 0 spiro atoms. The van der Waals surface area contributed by atoms with E-state index in [1.54, 1.807) is 0 Å². The van der Waals surface area contributed by atoms with Gasteiger partial charge < -0.3 is 20.4 Å². The van der Waals surface area contributed by atoms with Crippen LogP contribution in [-0.4, -0.2) is 80.4 Å². The van der Waals surface area contributed by atoms with Crippen LogP contribution in [0.5, 0.6) is 23.0 Å². The van der Waals surface area contributed by atoms with E-state index in [0.717, 1.165) is 92.1 Å². The van der Waals surface area contributed by atoms with Crippen LogP contribution >= 0.6 is 0 Å². The SMILES string of the molecule is CC(C)(C)CC(C)(C)c1cc(Cc2cc(C(C)(C)CC(C)(C)C)cc(-n3nc4ccccc4n3)c2O)c(O)c(-n2nc3ccccc3n2)c1.CC(C)(C)CC(C)(C)c1cc(Cc2cc(C(C)(C)CC(C)(C)C)cc(-n3nc4ccccc4n3)c2O)c(O)c(-n2nc3ccccc3n2)c1. The van der Waals surface area contributed by atoms with Crippen LogP contribution in [0.4, 0.5) is 0 Å². The molecule has 0 saturated heterocycles. The fourth-order valence-electron chi connectivity index (χ4n) is 15.4. The third kappa shape index (κ3) is 15.4. The van der Waals surface area contributed by atoms with Gasteiger partial charge in [-0.15, -0.1) is 60.0 Å². The number of aromatic nitrogens is 12. The predicted octanol–water partition coefficient (Wildman–Crippen LogP) is 19.2. The van der Waals surface area contributed by atoms with E-state index in [1.165, 1.54) is 19.2 Å². The molecule has 0 aliphatic carbocycles. The van der Waals surface area contributed by atoms with Crippen LogP contribution in [0, 0.1) is 21.7 Å². The van der Waals surface area contributed by atoms with E-state index in [9.17, 15) is 20.4 Å². The van der Waals surface area contributed by atoms with Gasteiger partial charge in [0, 0.05) is 35.1 Å². The molecule has 12 aromatic rings. The monoisotopic (exact) mass is 1320 g/mol. The second-order valence-electron chi connectivity index (χ2n) is 34.8. The maximum absolute atomic E-state index is 12.0. The van der Waals surface area contributed by atoms with Crippen molar-refractivity contribution in [3.63, 3.8) is 0 Å². The highest BCUT2D eigenvalue weighted by Gasteiger charge is 2.35. The lowest BCUT2D eigenvalue weighted by Gasteiger charge is -2.34. The minimum atomic E-state index is -0.231. The molecule has 0 bridgehead atoms. The highest BCUT2D eigenvalue weighted by molar-refractivity contribution is 5.77. The van der Waals surface area contributed by atoms with E-state index in [0.29, 0.717) is 45.0 Å². The van der Waals surface area contributed by atoms with E-state index in [1.807, 2.05) is 121 Å². The van der Waals surface area contributed by atoms with Crippen LogP contribution in [0.3, 0.4) is 0 Å². The number of aromatic hydroxyl groups is 4. The summed E-state index contributed by atoms with van der Waals surface area (Å²) in [5, 5.41) is 85.9. The molecule has 4 N–H and O–H groups in total. The van der Waals surface area contributed by atoms with Gasteiger partial charge in [-0.25, -0.2) is 0 Å². The molecule has 8 aromatic carbocycles. The van der Waals surface area contributed by atoms with Crippen molar-refractivity contribution in [1.29, 1.82) is 0 Å². The number of phenols is 4. The average Bonchev–Trinajstić information content (AvgIpc) is 1.36. The summed E-state index contributed by atoms with van der Waals surface area (Å²) < 4.78 is 0. The van der Waals surface area contributed by atoms with Crippen LogP contribution < -0.4 is 0 Å². The number of hydrogen-bond acceptors (Lipinski definition) is 12. The van der Waals surface area contributed by atoms with Gasteiger partial charge in [-0.3, -0.25) is 0 Å². The molecule has 0 aliphatic rings. The molecule has 0 radical (unpaired) electrons. The van der Waals surface area contributed by atoms with Crippen LogP contribution in [-0.2, 0) is 34.5 Å². The Morgan fingerprint density at radius 1 is 0.245 bits per heavy atom. The first-order valence-electron chi connectivity index (χ1n) is 34.3. The molecule has 512 valence electrons. The van der Waals surface area contributed by atoms with E-state index in [4.69, 9.17) is 40.8 Å². The average molecular weight is 1320 g/mol. The van der Waals surface area contributed by atoms with Gasteiger partial charge in [0.25, 0.3) is 0 Å². The molecular formula is C82H100N12O4. The zero-order chi connectivity index (χ0) is 71.0. The standard InChI is InChI=1S/2C41H50N6O2/c2*1-38(2,3)24-40(7,8)28-20-26(36(48)34(22-28)46-42-30-15-11-12-16-31(30)43-46)19-27-21-29(41(9,10)25-39(4,5)6)23-35(37(27)49)47-44-32-17-13-14-18-33(32)45-47/h2*11-18,20-23,48-49H,19,24-25H2,1-10H3. The summed E-state index contributed by atoms with van der Waals surface area (Å²) >= 11 is 0. The topological polar surface area (TPSA) is 204 Å². The van der Waals surface area contributed by atoms with Gasteiger partial charge >= 0.3 is 0 Å². The Morgan fingerprint density at radius 3 is 0.541 bits per heavy atom. The Bertz CT molecular complexity index is 4180. The highest BCUT2D eigenvalue weighted by atomic mass is 16.3. The Kier molecular flexibility index (Phi) is 18.2. The molecule has 0 amide bonds. The third-order valence-electron chi connectivity index (χ3n) is 18.5. The fourth-order valence-corrected chi connectivity index (χ4v) is 15.4. The summed E-state index contributed by atoms with van der Waals surface area (Å²) in [4.78, 5) is 6.14. The van der Waals surface area contributed by atoms with Gasteiger partial charge in [0.2, 0.25) is 0 Å². The molecule has 16 heteroatoms. The van der Waals surface area contributed by atoms with Crippen molar-refractivity contribution in [3.8, 4) is 45.7 Å². The Balaban J connectivity index is 0.000000198. The van der Waals surface area contributed by atoms with Crippen molar-refractivity contribution in [1.82, 2.24) is 60.0 Å². The second kappa shape index (κ2) is 25.4. The number of benzene rings is 8. The lowest BCUT2D eigenvalue weighted by molar-refractivity contribution is 0.283. The molecule has 0 aliphatic heterocycles. The molecule has 0 saturated carbocycles. The second-order valence-corrected chi connectivity index (χ2v) is 34.8. The molecular weight excluding hydrogens is 1220 g/mol. The molecule has 4 heterocycles. The van der Waals surface area contributed by atoms with Gasteiger partial charge in [0.05, 0.1) is 0 Å². The minimum absolute atomic E-state index is 0.0702. The quantitative estimate of drug-likeness (QED) is 0.0714. The smallest absolute Gasteiger partial charge is 0.146 e. The molecule has 12 rings (SSSR count). The van der Waals surface area contributed by atoms with Crippen molar-refractivity contribution in [3.05, 3.63) is 190 Å². The summed E-state index contributed by atoms with van der Waals surface area (Å²) in [5.41, 5.74) is 14.4. The summed E-state index contributed by atoms with van der Waals surface area (Å²) in [6, 6.07) is 47.2. The van der Waals surface area contributed by atoms with Gasteiger partial charge in [0.1, 0.15) is 89.9 Å². The molecule has 98 heavy (non-hydrogen) atoms. The zero-order valence-electron chi connectivity index (χ0n) is 61.3. The summed E-state index contributed by atoms with van der Waals surface area (Å²) in [6.45, 7) is 44.9. The van der Waals surface area contributed by atoms with E-state index < -0.39 is 0 Å². The van der Waals surface area contributed by atoms with Gasteiger partial charge in [0.15, 0.2) is 0 Å². The third-order valence-corrected chi connectivity index (χ3v) is 18.5. The minimum Gasteiger partial charge on any atom is -0.505 e. The van der Waals surface area contributed by atoms with E-state index >= 15 is 0 Å². The number of hydrogen-bond donors (Lipinski definition) is 4. The maximum Gasteiger partial charge on any atom is 0.146 e. The Hall–Kier alpha value is -9.44. The van der Waals surface area contributed by atoms with Gasteiger partial charge in [-0.05, 0) is 164 Å². The van der Waals surface area contributed by atoms with Gasteiger partial charge in [-0.2, -0.15) is 0 Å². The first-order chi connectivity index (χ1) is 45.6. The Morgan fingerprint density at radius 2 is 0.398 bits per heavy atom. The molecule has 0 fully saturated rings. The van der Waals surface area contributed by atoms with Crippen molar-refractivity contribution >= 4 is 44.1 Å². The van der Waals surface area contributed by atoms with Gasteiger partial charge in [-0.1, -0.05) is 211 Å². The predicted molar refractivity (Wildman–Crippen MR) is 396 cm³/mol. The number of fused-ring (bicyclic) bond motifs is 4. The summed E-state index contributed by atoms with van der Waals surface area (Å²) in [6.07, 6.45) is 4.23. The first-order valence-corrected chi connectivity index (χ1v) is 34.3. The molecule has 0 atom stereocenters. The summed E-state index contributed by atoms with van der Waals surface area (Å²) in [5.74, 6) is 0.329. The number of phenolic OH excluding ortho intramolecular Hbond substituents is 4. The molecule has 16 nitrogen and oxygen atoms in total. The van der Waals surface area contributed by atoms with Crippen LogP contribution in [0.25, 0.3) is 66.9 Å². The van der Waals surface area contributed by atoms with Crippen molar-refractivity contribution < 1.29 is 20.4 Å². The van der Waals surface area contributed by atoms with Crippen LogP contribution in [0.15, 0.2) is 146 Å². The van der Waals surface area contributed by atoms with Crippen molar-refractivity contribution in [2.24, 2.45) is 21.7 Å². The Labute approximate surface area is 577 Å². The zero-order valence-corrected chi connectivity index (χ0v) is 61.3. The van der Waals surface area contributed by atoms with Crippen LogP contribution in [0.2, 0.25) is 0 Å². The molecule has 4 aromatic heterocycles. The van der Waals surface area contributed by atoms with E-state index in [-0.39, 0.29) is 79.2 Å². The maximum atomic E-state index is 12.0. The number of nitrogens with zero attached hydrogens (tertiary/aromatic N) is 12. The first kappa shape index (κ1) is 69.9. The van der Waals surface area contributed by atoms with E-state index in [2.05, 4.69) is 163 Å². The van der Waals surface area contributed by atoms with Crippen LogP contribution in [0.1, 0.15) is 209 Å². The largest absolute Gasteiger partial charge is 0.505 e. The van der Waals surface area contributed by atoms with Crippen molar-refractivity contribution in [2.45, 2.75) is 199 Å². The normalized spacial score (nSPS) is 13.1. The lowest BCUT2D eigenvalue weighted by atomic mass is 9.71. The van der Waals surface area contributed by atoms with Crippen molar-refractivity contribution in [2.75, 3.05) is 0 Å². The molecule has 0 unspecified atom stereocenters. The number of rotatable bonds is 16. The highest BCUT2D eigenvalue weighted by Crippen LogP contribution is 2.47. The lowest BCUT2D eigenvalue weighted by Crippen LogP contribution is -2.25. The summed E-state index contributed by atoms with van der Waals surface area (Å²) in [7, 11) is 0. The fraction of sp³-hybridized carbons (Fsp3) is 0.415.